The zero-order valence-electron chi connectivity index (χ0n) is 17.1. The molecule has 154 valence electrons. The SMILES string of the molecule is CCC1CN(C(=NC)NCCC(=O)N2CCN(c3ccccc3)CC2)CCS1. The van der Waals surface area contributed by atoms with Crippen molar-refractivity contribution >= 4 is 29.3 Å². The minimum atomic E-state index is 0.233. The number of amides is 1. The third-order valence-corrected chi connectivity index (χ3v) is 6.85. The van der Waals surface area contributed by atoms with Gasteiger partial charge in [-0.3, -0.25) is 9.79 Å². The van der Waals surface area contributed by atoms with Gasteiger partial charge in [-0.25, -0.2) is 0 Å². The van der Waals surface area contributed by atoms with Crippen molar-refractivity contribution < 1.29 is 4.79 Å². The number of aliphatic imine (C=N–C) groups is 1. The zero-order chi connectivity index (χ0) is 19.8. The van der Waals surface area contributed by atoms with Gasteiger partial charge in [0.15, 0.2) is 5.96 Å². The van der Waals surface area contributed by atoms with Gasteiger partial charge in [0.05, 0.1) is 0 Å². The van der Waals surface area contributed by atoms with E-state index in [1.165, 1.54) is 12.1 Å². The van der Waals surface area contributed by atoms with Gasteiger partial charge in [-0.15, -0.1) is 0 Å². The lowest BCUT2D eigenvalue weighted by molar-refractivity contribution is -0.131. The van der Waals surface area contributed by atoms with E-state index in [9.17, 15) is 4.79 Å². The van der Waals surface area contributed by atoms with Gasteiger partial charge in [0.2, 0.25) is 5.91 Å². The number of piperazine rings is 1. The topological polar surface area (TPSA) is 51.2 Å². The molecule has 2 fully saturated rings. The average molecular weight is 404 g/mol. The molecule has 2 aliphatic heterocycles. The molecule has 1 aromatic rings. The van der Waals surface area contributed by atoms with Crippen molar-refractivity contribution in [1.29, 1.82) is 0 Å². The molecule has 2 saturated heterocycles. The Hall–Kier alpha value is -1.89. The summed E-state index contributed by atoms with van der Waals surface area (Å²) < 4.78 is 0. The van der Waals surface area contributed by atoms with Crippen LogP contribution in [0.1, 0.15) is 19.8 Å². The predicted molar refractivity (Wildman–Crippen MR) is 119 cm³/mol. The summed E-state index contributed by atoms with van der Waals surface area (Å²) in [5.74, 6) is 2.31. The number of thioether (sulfide) groups is 1. The Bertz CT molecular complexity index is 645. The Labute approximate surface area is 173 Å². The number of anilines is 1. The molecule has 28 heavy (non-hydrogen) atoms. The van der Waals surface area contributed by atoms with Crippen LogP contribution in [0.15, 0.2) is 35.3 Å². The first-order valence-corrected chi connectivity index (χ1v) is 11.4. The quantitative estimate of drug-likeness (QED) is 0.603. The Balaban J connectivity index is 1.39. The van der Waals surface area contributed by atoms with E-state index >= 15 is 0 Å². The van der Waals surface area contributed by atoms with Crippen molar-refractivity contribution in [2.24, 2.45) is 4.99 Å². The molecule has 1 atom stereocenters. The lowest BCUT2D eigenvalue weighted by Crippen LogP contribution is -2.50. The summed E-state index contributed by atoms with van der Waals surface area (Å²) in [6, 6.07) is 10.4. The fourth-order valence-corrected chi connectivity index (χ4v) is 4.96. The molecule has 0 spiro atoms. The second-order valence-electron chi connectivity index (χ2n) is 7.27. The van der Waals surface area contributed by atoms with E-state index in [0.717, 1.165) is 51.0 Å². The number of carbonyl (C=O) groups excluding carboxylic acids is 1. The van der Waals surface area contributed by atoms with E-state index in [4.69, 9.17) is 0 Å². The Morgan fingerprint density at radius 3 is 2.57 bits per heavy atom. The highest BCUT2D eigenvalue weighted by Crippen LogP contribution is 2.21. The molecule has 2 aliphatic rings. The number of carbonyl (C=O) groups is 1. The molecule has 0 saturated carbocycles. The number of guanidine groups is 1. The first-order chi connectivity index (χ1) is 13.7. The van der Waals surface area contributed by atoms with Crippen molar-refractivity contribution in [2.45, 2.75) is 25.0 Å². The Morgan fingerprint density at radius 2 is 1.89 bits per heavy atom. The van der Waals surface area contributed by atoms with Gasteiger partial charge in [-0.05, 0) is 18.6 Å². The van der Waals surface area contributed by atoms with Crippen LogP contribution in [-0.4, -0.2) is 85.5 Å². The minimum absolute atomic E-state index is 0.233. The number of para-hydroxylation sites is 1. The first kappa shape index (κ1) is 20.8. The van der Waals surface area contributed by atoms with Gasteiger partial charge in [0.25, 0.3) is 0 Å². The molecule has 1 N–H and O–H groups in total. The standard InChI is InChI=1S/C21H33N5OS/c1-3-19-17-26(15-16-28-19)21(22-2)23-10-9-20(27)25-13-11-24(12-14-25)18-7-5-4-6-8-18/h4-8,19H,3,9-17H2,1-2H3,(H,22,23). The molecule has 1 aromatic carbocycles. The van der Waals surface area contributed by atoms with Gasteiger partial charge in [0.1, 0.15) is 0 Å². The summed E-state index contributed by atoms with van der Waals surface area (Å²) in [5, 5.41) is 4.07. The van der Waals surface area contributed by atoms with Crippen molar-refractivity contribution in [3.8, 4) is 0 Å². The van der Waals surface area contributed by atoms with E-state index in [1.54, 1.807) is 0 Å². The van der Waals surface area contributed by atoms with Crippen molar-refractivity contribution in [2.75, 3.05) is 63.5 Å². The highest BCUT2D eigenvalue weighted by atomic mass is 32.2. The van der Waals surface area contributed by atoms with Gasteiger partial charge in [-0.2, -0.15) is 11.8 Å². The van der Waals surface area contributed by atoms with Gasteiger partial charge in [0, 0.05) is 76.0 Å². The van der Waals surface area contributed by atoms with Crippen LogP contribution >= 0.6 is 11.8 Å². The van der Waals surface area contributed by atoms with Crippen LogP contribution in [0.5, 0.6) is 0 Å². The summed E-state index contributed by atoms with van der Waals surface area (Å²) >= 11 is 2.05. The second kappa shape index (κ2) is 10.6. The molecule has 0 bridgehead atoms. The molecule has 6 nitrogen and oxygen atoms in total. The number of hydrogen-bond acceptors (Lipinski definition) is 4. The van der Waals surface area contributed by atoms with Gasteiger partial charge < -0.3 is 20.0 Å². The van der Waals surface area contributed by atoms with E-state index in [0.29, 0.717) is 18.2 Å². The molecule has 1 unspecified atom stereocenters. The smallest absolute Gasteiger partial charge is 0.224 e. The average Bonchev–Trinajstić information content (AvgIpc) is 2.77. The molecule has 0 aromatic heterocycles. The number of benzene rings is 1. The maximum atomic E-state index is 12.6. The molecular weight excluding hydrogens is 370 g/mol. The monoisotopic (exact) mass is 403 g/mol. The van der Waals surface area contributed by atoms with Gasteiger partial charge in [-0.1, -0.05) is 25.1 Å². The molecule has 7 heteroatoms. The predicted octanol–water partition coefficient (Wildman–Crippen LogP) is 2.13. The van der Waals surface area contributed by atoms with Crippen molar-refractivity contribution in [3.63, 3.8) is 0 Å². The van der Waals surface area contributed by atoms with Gasteiger partial charge >= 0.3 is 0 Å². The normalized spacial score (nSPS) is 21.0. The van der Waals surface area contributed by atoms with E-state index in [-0.39, 0.29) is 5.91 Å². The van der Waals surface area contributed by atoms with E-state index in [2.05, 4.69) is 63.1 Å². The number of nitrogens with zero attached hydrogens (tertiary/aromatic N) is 4. The van der Waals surface area contributed by atoms with E-state index in [1.807, 2.05) is 18.0 Å². The maximum absolute atomic E-state index is 12.6. The van der Waals surface area contributed by atoms with E-state index < -0.39 is 0 Å². The molecular formula is C21H33N5OS. The minimum Gasteiger partial charge on any atom is -0.368 e. The largest absolute Gasteiger partial charge is 0.368 e. The third kappa shape index (κ3) is 5.56. The lowest BCUT2D eigenvalue weighted by atomic mass is 10.2. The zero-order valence-corrected chi connectivity index (χ0v) is 18.0. The van der Waals surface area contributed by atoms with Crippen LogP contribution in [0, 0.1) is 0 Å². The second-order valence-corrected chi connectivity index (χ2v) is 8.68. The van der Waals surface area contributed by atoms with Crippen LogP contribution in [0.25, 0.3) is 0 Å². The highest BCUT2D eigenvalue weighted by Gasteiger charge is 2.23. The number of rotatable bonds is 5. The fraction of sp³-hybridized carbons (Fsp3) is 0.619. The molecule has 3 rings (SSSR count). The lowest BCUT2D eigenvalue weighted by Gasteiger charge is -2.36. The summed E-state index contributed by atoms with van der Waals surface area (Å²) in [6.45, 7) is 8.34. The first-order valence-electron chi connectivity index (χ1n) is 10.4. The summed E-state index contributed by atoms with van der Waals surface area (Å²) in [6.07, 6.45) is 1.70. The summed E-state index contributed by atoms with van der Waals surface area (Å²) in [5.41, 5.74) is 1.24. The molecule has 1 amide bonds. The highest BCUT2D eigenvalue weighted by molar-refractivity contribution is 8.00. The fourth-order valence-electron chi connectivity index (χ4n) is 3.78. The molecule has 2 heterocycles. The summed E-state index contributed by atoms with van der Waals surface area (Å²) in [7, 11) is 1.83. The Morgan fingerprint density at radius 1 is 1.14 bits per heavy atom. The van der Waals surface area contributed by atoms with Crippen LogP contribution in [-0.2, 0) is 4.79 Å². The summed E-state index contributed by atoms with van der Waals surface area (Å²) in [4.78, 5) is 23.7. The van der Waals surface area contributed by atoms with Crippen LogP contribution in [0.2, 0.25) is 0 Å². The Kier molecular flexibility index (Phi) is 7.89. The van der Waals surface area contributed by atoms with Crippen LogP contribution in [0.4, 0.5) is 5.69 Å². The third-order valence-electron chi connectivity index (χ3n) is 5.48. The number of hydrogen-bond donors (Lipinski definition) is 1. The molecule has 0 radical (unpaired) electrons. The number of nitrogens with one attached hydrogen (secondary N) is 1. The van der Waals surface area contributed by atoms with Crippen LogP contribution in [0.3, 0.4) is 0 Å². The van der Waals surface area contributed by atoms with Crippen molar-refractivity contribution in [1.82, 2.24) is 15.1 Å². The molecule has 0 aliphatic carbocycles. The van der Waals surface area contributed by atoms with Crippen LogP contribution < -0.4 is 10.2 Å². The van der Waals surface area contributed by atoms with Crippen molar-refractivity contribution in [3.05, 3.63) is 30.3 Å². The maximum Gasteiger partial charge on any atom is 0.224 e.